The van der Waals surface area contributed by atoms with E-state index in [-0.39, 0.29) is 16.5 Å². The Labute approximate surface area is 77.6 Å². The average Bonchev–Trinajstić information content (AvgIpc) is 2.48. The summed E-state index contributed by atoms with van der Waals surface area (Å²) in [6.45, 7) is 0. The number of phenolic OH excluding ortho intramolecular Hbond substituents is 2. The second-order valence-corrected chi connectivity index (χ2v) is 3.72. The maximum atomic E-state index is 9.44. The molecule has 0 amide bonds. The van der Waals surface area contributed by atoms with Crippen LogP contribution in [0.25, 0.3) is 10.1 Å². The highest BCUT2D eigenvalue weighted by Crippen LogP contribution is 2.41. The molecule has 1 heterocycles. The van der Waals surface area contributed by atoms with E-state index in [0.29, 0.717) is 5.39 Å². The second kappa shape index (κ2) is 2.54. The first-order valence-electron chi connectivity index (χ1n) is 3.28. The smallest absolute Gasteiger partial charge is 0.146 e. The number of benzene rings is 1. The van der Waals surface area contributed by atoms with Gasteiger partial charge in [0.15, 0.2) is 0 Å². The SMILES string of the molecule is Oc1cc2sccc2c(O)c1Cl. The highest BCUT2D eigenvalue weighted by atomic mass is 35.5. The number of thiophene rings is 1. The number of hydrogen-bond donors (Lipinski definition) is 2. The Morgan fingerprint density at radius 2 is 2.08 bits per heavy atom. The Morgan fingerprint density at radius 3 is 2.83 bits per heavy atom. The van der Waals surface area contributed by atoms with Crippen molar-refractivity contribution in [2.24, 2.45) is 0 Å². The van der Waals surface area contributed by atoms with Gasteiger partial charge < -0.3 is 10.2 Å². The van der Waals surface area contributed by atoms with Gasteiger partial charge in [-0.2, -0.15) is 0 Å². The van der Waals surface area contributed by atoms with E-state index in [0.717, 1.165) is 4.70 Å². The van der Waals surface area contributed by atoms with Gasteiger partial charge in [-0.05, 0) is 17.5 Å². The molecule has 1 aromatic heterocycles. The lowest BCUT2D eigenvalue weighted by Gasteiger charge is -2.00. The first-order chi connectivity index (χ1) is 5.70. The summed E-state index contributed by atoms with van der Waals surface area (Å²) in [5.41, 5.74) is 0. The van der Waals surface area contributed by atoms with Crippen molar-refractivity contribution in [1.29, 1.82) is 0 Å². The molecule has 0 atom stereocenters. The fourth-order valence-corrected chi connectivity index (χ4v) is 2.03. The monoisotopic (exact) mass is 200 g/mol. The number of rotatable bonds is 0. The zero-order valence-electron chi connectivity index (χ0n) is 5.91. The third-order valence-electron chi connectivity index (χ3n) is 1.65. The Kier molecular flexibility index (Phi) is 1.63. The molecule has 0 radical (unpaired) electrons. The second-order valence-electron chi connectivity index (χ2n) is 2.39. The summed E-state index contributed by atoms with van der Waals surface area (Å²) in [6.07, 6.45) is 0. The van der Waals surface area contributed by atoms with Crippen LogP contribution in [0.1, 0.15) is 0 Å². The van der Waals surface area contributed by atoms with Gasteiger partial charge in [-0.1, -0.05) is 11.6 Å². The normalized spacial score (nSPS) is 10.8. The average molecular weight is 201 g/mol. The molecule has 4 heteroatoms. The van der Waals surface area contributed by atoms with Crippen LogP contribution in [0.3, 0.4) is 0 Å². The number of hydrogen-bond acceptors (Lipinski definition) is 3. The van der Waals surface area contributed by atoms with E-state index in [1.807, 2.05) is 5.38 Å². The summed E-state index contributed by atoms with van der Waals surface area (Å²) in [7, 11) is 0. The van der Waals surface area contributed by atoms with Crippen molar-refractivity contribution in [2.75, 3.05) is 0 Å². The van der Waals surface area contributed by atoms with E-state index in [2.05, 4.69) is 0 Å². The molecular formula is C8H5ClO2S. The van der Waals surface area contributed by atoms with E-state index in [9.17, 15) is 10.2 Å². The van der Waals surface area contributed by atoms with Gasteiger partial charge in [0.1, 0.15) is 16.5 Å². The minimum atomic E-state index is -0.0795. The molecule has 0 unspecified atom stereocenters. The van der Waals surface area contributed by atoms with E-state index in [4.69, 9.17) is 11.6 Å². The molecule has 0 aliphatic rings. The minimum absolute atomic E-state index is 0.0147. The van der Waals surface area contributed by atoms with Crippen LogP contribution in [0.4, 0.5) is 0 Å². The van der Waals surface area contributed by atoms with Gasteiger partial charge in [0.05, 0.1) is 0 Å². The number of aromatic hydroxyl groups is 2. The number of halogens is 1. The quantitative estimate of drug-likeness (QED) is 0.687. The Bertz CT molecular complexity index is 436. The lowest BCUT2D eigenvalue weighted by atomic mass is 10.2. The fraction of sp³-hybridized carbons (Fsp3) is 0. The lowest BCUT2D eigenvalue weighted by molar-refractivity contribution is 0.456. The van der Waals surface area contributed by atoms with Gasteiger partial charge in [-0.3, -0.25) is 0 Å². The first kappa shape index (κ1) is 7.71. The Morgan fingerprint density at radius 1 is 1.33 bits per heavy atom. The molecule has 0 saturated heterocycles. The molecular weight excluding hydrogens is 196 g/mol. The largest absolute Gasteiger partial charge is 0.506 e. The van der Waals surface area contributed by atoms with Gasteiger partial charge in [0, 0.05) is 10.1 Å². The molecule has 2 N–H and O–H groups in total. The molecule has 2 aromatic rings. The van der Waals surface area contributed by atoms with Crippen molar-refractivity contribution in [3.63, 3.8) is 0 Å². The van der Waals surface area contributed by atoms with Crippen LogP contribution in [0.2, 0.25) is 5.02 Å². The molecule has 0 aliphatic carbocycles. The van der Waals surface area contributed by atoms with Crippen molar-refractivity contribution >= 4 is 33.0 Å². The van der Waals surface area contributed by atoms with Crippen LogP contribution < -0.4 is 0 Å². The highest BCUT2D eigenvalue weighted by Gasteiger charge is 2.10. The fourth-order valence-electron chi connectivity index (χ4n) is 1.06. The molecule has 2 rings (SSSR count). The molecule has 62 valence electrons. The zero-order chi connectivity index (χ0) is 8.72. The predicted molar refractivity (Wildman–Crippen MR) is 50.2 cm³/mol. The summed E-state index contributed by atoms with van der Waals surface area (Å²) in [5, 5.41) is 21.2. The third kappa shape index (κ3) is 0.940. The van der Waals surface area contributed by atoms with E-state index in [1.54, 1.807) is 12.1 Å². The summed E-state index contributed by atoms with van der Waals surface area (Å²) in [6, 6.07) is 3.31. The molecule has 0 fully saturated rings. The highest BCUT2D eigenvalue weighted by molar-refractivity contribution is 7.17. The molecule has 0 saturated carbocycles. The maximum absolute atomic E-state index is 9.44. The van der Waals surface area contributed by atoms with Gasteiger partial charge in [-0.25, -0.2) is 0 Å². The first-order valence-corrected chi connectivity index (χ1v) is 4.53. The van der Waals surface area contributed by atoms with Crippen molar-refractivity contribution in [2.45, 2.75) is 0 Å². The maximum Gasteiger partial charge on any atom is 0.146 e. The van der Waals surface area contributed by atoms with Crippen LogP contribution in [-0.4, -0.2) is 10.2 Å². The van der Waals surface area contributed by atoms with Crippen LogP contribution in [0, 0.1) is 0 Å². The zero-order valence-corrected chi connectivity index (χ0v) is 7.49. The summed E-state index contributed by atoms with van der Waals surface area (Å²) >= 11 is 7.06. The van der Waals surface area contributed by atoms with Crippen molar-refractivity contribution in [3.8, 4) is 11.5 Å². The van der Waals surface area contributed by atoms with Crippen LogP contribution in [0.15, 0.2) is 17.5 Å². The van der Waals surface area contributed by atoms with Crippen LogP contribution in [0.5, 0.6) is 11.5 Å². The topological polar surface area (TPSA) is 40.5 Å². The van der Waals surface area contributed by atoms with Gasteiger partial charge >= 0.3 is 0 Å². The van der Waals surface area contributed by atoms with Crippen molar-refractivity contribution in [1.82, 2.24) is 0 Å². The molecule has 12 heavy (non-hydrogen) atoms. The van der Waals surface area contributed by atoms with Crippen LogP contribution >= 0.6 is 22.9 Å². The Hall–Kier alpha value is -0.930. The Balaban J connectivity index is 2.94. The van der Waals surface area contributed by atoms with Crippen molar-refractivity contribution in [3.05, 3.63) is 22.5 Å². The number of phenols is 2. The van der Waals surface area contributed by atoms with Crippen LogP contribution in [-0.2, 0) is 0 Å². The van der Waals surface area contributed by atoms with Gasteiger partial charge in [-0.15, -0.1) is 11.3 Å². The molecule has 2 nitrogen and oxygen atoms in total. The van der Waals surface area contributed by atoms with E-state index < -0.39 is 0 Å². The van der Waals surface area contributed by atoms with Gasteiger partial charge in [0.2, 0.25) is 0 Å². The standard InChI is InChI=1S/C8H5ClO2S/c9-7-5(10)3-6-4(8(7)11)1-2-12-6/h1-3,10-11H. The molecule has 0 aliphatic heterocycles. The summed E-state index contributed by atoms with van der Waals surface area (Å²) < 4.78 is 0.828. The lowest BCUT2D eigenvalue weighted by Crippen LogP contribution is -1.71. The summed E-state index contributed by atoms with van der Waals surface area (Å²) in [4.78, 5) is 0. The molecule has 0 spiro atoms. The predicted octanol–water partition coefficient (Wildman–Crippen LogP) is 2.97. The van der Waals surface area contributed by atoms with E-state index in [1.165, 1.54) is 11.3 Å². The number of fused-ring (bicyclic) bond motifs is 1. The minimum Gasteiger partial charge on any atom is -0.506 e. The van der Waals surface area contributed by atoms with Crippen molar-refractivity contribution < 1.29 is 10.2 Å². The summed E-state index contributed by atoms with van der Waals surface area (Å²) in [5.74, 6) is -0.128. The van der Waals surface area contributed by atoms with Gasteiger partial charge in [0.25, 0.3) is 0 Å². The molecule has 0 bridgehead atoms. The third-order valence-corrected chi connectivity index (χ3v) is 2.89. The molecule has 1 aromatic carbocycles. The van der Waals surface area contributed by atoms with E-state index >= 15 is 0 Å².